The van der Waals surface area contributed by atoms with Gasteiger partial charge in [0.1, 0.15) is 10.8 Å². The molecule has 1 amide bonds. The standard InChI is InChI=1S/C22H28FN3OS/c23-19-9-7-16(8-10-19)14-26-12-3-6-18(15-26)20(22-24-11-13-28-22)25-21(27)17-4-1-2-5-17/h7-11,13,17-18,20H,1-6,12,14-15H2,(H,25,27)/t18-,20-/m0/s1. The van der Waals surface area contributed by atoms with Crippen LogP contribution in [-0.2, 0) is 11.3 Å². The largest absolute Gasteiger partial charge is 0.346 e. The van der Waals surface area contributed by atoms with Crippen molar-refractivity contribution in [3.8, 4) is 0 Å². The molecule has 0 unspecified atom stereocenters. The van der Waals surface area contributed by atoms with Crippen LogP contribution in [-0.4, -0.2) is 28.9 Å². The Morgan fingerprint density at radius 2 is 2.00 bits per heavy atom. The maximum atomic E-state index is 13.2. The zero-order valence-electron chi connectivity index (χ0n) is 16.1. The lowest BCUT2D eigenvalue weighted by Gasteiger charge is -2.37. The topological polar surface area (TPSA) is 45.2 Å². The Kier molecular flexibility index (Phi) is 6.37. The number of nitrogens with one attached hydrogen (secondary N) is 1. The molecule has 2 heterocycles. The van der Waals surface area contributed by atoms with Crippen molar-refractivity contribution in [3.05, 3.63) is 52.2 Å². The Hall–Kier alpha value is -1.79. The second kappa shape index (κ2) is 9.14. The smallest absolute Gasteiger partial charge is 0.223 e. The van der Waals surface area contributed by atoms with Crippen LogP contribution in [0.2, 0.25) is 0 Å². The first-order chi connectivity index (χ1) is 13.7. The molecule has 0 spiro atoms. The molecule has 4 rings (SSSR count). The number of rotatable bonds is 6. The van der Waals surface area contributed by atoms with Crippen LogP contribution in [0.25, 0.3) is 0 Å². The van der Waals surface area contributed by atoms with Crippen LogP contribution in [0.5, 0.6) is 0 Å². The minimum absolute atomic E-state index is 0.0101. The predicted octanol–water partition coefficient (Wildman–Crippen LogP) is 4.54. The SMILES string of the molecule is O=C(N[C@H](c1nccs1)[C@H]1CCCN(Cc2ccc(F)cc2)C1)C1CCCC1. The van der Waals surface area contributed by atoms with E-state index in [9.17, 15) is 9.18 Å². The third kappa shape index (κ3) is 4.78. The molecule has 0 bridgehead atoms. The Balaban J connectivity index is 1.44. The first-order valence-corrected chi connectivity index (χ1v) is 11.2. The molecule has 2 atom stereocenters. The lowest BCUT2D eigenvalue weighted by molar-refractivity contribution is -0.126. The lowest BCUT2D eigenvalue weighted by atomic mass is 9.90. The number of hydrogen-bond donors (Lipinski definition) is 1. The molecule has 1 saturated heterocycles. The van der Waals surface area contributed by atoms with E-state index in [0.717, 1.165) is 68.7 Å². The van der Waals surface area contributed by atoms with E-state index in [0.29, 0.717) is 5.92 Å². The summed E-state index contributed by atoms with van der Waals surface area (Å²) < 4.78 is 13.2. The van der Waals surface area contributed by atoms with E-state index in [1.54, 1.807) is 11.3 Å². The minimum atomic E-state index is -0.196. The lowest BCUT2D eigenvalue weighted by Crippen LogP contribution is -2.43. The summed E-state index contributed by atoms with van der Waals surface area (Å²) in [6, 6.07) is 6.76. The van der Waals surface area contributed by atoms with Gasteiger partial charge < -0.3 is 5.32 Å². The second-order valence-electron chi connectivity index (χ2n) is 8.10. The number of amides is 1. The van der Waals surface area contributed by atoms with Crippen LogP contribution < -0.4 is 5.32 Å². The monoisotopic (exact) mass is 401 g/mol. The van der Waals surface area contributed by atoms with Gasteiger partial charge in [-0.1, -0.05) is 25.0 Å². The molecule has 1 aliphatic heterocycles. The zero-order valence-corrected chi connectivity index (χ0v) is 17.0. The maximum Gasteiger partial charge on any atom is 0.223 e. The van der Waals surface area contributed by atoms with Crippen LogP contribution in [0, 0.1) is 17.7 Å². The van der Waals surface area contributed by atoms with E-state index in [-0.39, 0.29) is 23.7 Å². The quantitative estimate of drug-likeness (QED) is 0.773. The van der Waals surface area contributed by atoms with Crippen molar-refractivity contribution in [1.29, 1.82) is 0 Å². The van der Waals surface area contributed by atoms with Crippen LogP contribution in [0.3, 0.4) is 0 Å². The molecule has 1 saturated carbocycles. The van der Waals surface area contributed by atoms with Gasteiger partial charge in [0.2, 0.25) is 5.91 Å². The number of carbonyl (C=O) groups excluding carboxylic acids is 1. The summed E-state index contributed by atoms with van der Waals surface area (Å²) >= 11 is 1.63. The van der Waals surface area contributed by atoms with Crippen LogP contribution in [0.1, 0.15) is 55.1 Å². The second-order valence-corrected chi connectivity index (χ2v) is 9.03. The molecule has 28 heavy (non-hydrogen) atoms. The number of hydrogen-bond acceptors (Lipinski definition) is 4. The van der Waals surface area contributed by atoms with Gasteiger partial charge in [0.05, 0.1) is 6.04 Å². The average molecular weight is 402 g/mol. The van der Waals surface area contributed by atoms with Crippen molar-refractivity contribution >= 4 is 17.2 Å². The number of nitrogens with zero attached hydrogens (tertiary/aromatic N) is 2. The highest BCUT2D eigenvalue weighted by Crippen LogP contribution is 2.33. The van der Waals surface area contributed by atoms with Crippen molar-refractivity contribution in [1.82, 2.24) is 15.2 Å². The van der Waals surface area contributed by atoms with E-state index < -0.39 is 0 Å². The molecule has 6 heteroatoms. The predicted molar refractivity (Wildman–Crippen MR) is 109 cm³/mol. The number of piperidine rings is 1. The van der Waals surface area contributed by atoms with Crippen LogP contribution >= 0.6 is 11.3 Å². The molecule has 1 aromatic heterocycles. The average Bonchev–Trinajstić information content (AvgIpc) is 3.42. The number of aromatic nitrogens is 1. The van der Waals surface area contributed by atoms with Gasteiger partial charge in [-0.05, 0) is 55.8 Å². The van der Waals surface area contributed by atoms with Crippen molar-refractivity contribution in [3.63, 3.8) is 0 Å². The van der Waals surface area contributed by atoms with E-state index in [2.05, 4.69) is 15.2 Å². The van der Waals surface area contributed by atoms with E-state index in [1.165, 1.54) is 12.1 Å². The summed E-state index contributed by atoms with van der Waals surface area (Å²) in [5, 5.41) is 6.36. The van der Waals surface area contributed by atoms with Crippen molar-refractivity contribution in [2.24, 2.45) is 11.8 Å². The molecule has 0 radical (unpaired) electrons. The fourth-order valence-electron chi connectivity index (χ4n) is 4.58. The fraction of sp³-hybridized carbons (Fsp3) is 0.545. The van der Waals surface area contributed by atoms with Crippen molar-refractivity contribution in [2.75, 3.05) is 13.1 Å². The molecular weight excluding hydrogens is 373 g/mol. The first kappa shape index (κ1) is 19.5. The van der Waals surface area contributed by atoms with Gasteiger partial charge in [0, 0.05) is 30.6 Å². The molecular formula is C22H28FN3OS. The molecule has 1 N–H and O–H groups in total. The molecule has 2 aliphatic rings. The Bertz CT molecular complexity index is 759. The van der Waals surface area contributed by atoms with Gasteiger partial charge in [-0.15, -0.1) is 11.3 Å². The van der Waals surface area contributed by atoms with Gasteiger partial charge in [-0.2, -0.15) is 0 Å². The summed E-state index contributed by atoms with van der Waals surface area (Å²) in [4.78, 5) is 19.8. The number of halogens is 1. The highest BCUT2D eigenvalue weighted by molar-refractivity contribution is 7.09. The van der Waals surface area contributed by atoms with Crippen LogP contribution in [0.15, 0.2) is 35.8 Å². The number of likely N-dealkylation sites (tertiary alicyclic amines) is 1. The Morgan fingerprint density at radius 1 is 1.21 bits per heavy atom. The molecule has 4 nitrogen and oxygen atoms in total. The Morgan fingerprint density at radius 3 is 2.71 bits per heavy atom. The van der Waals surface area contributed by atoms with Gasteiger partial charge in [0.15, 0.2) is 0 Å². The van der Waals surface area contributed by atoms with E-state index in [4.69, 9.17) is 0 Å². The summed E-state index contributed by atoms with van der Waals surface area (Å²) in [6.45, 7) is 2.78. The summed E-state index contributed by atoms with van der Waals surface area (Å²) in [5.41, 5.74) is 1.13. The number of carbonyl (C=O) groups is 1. The summed E-state index contributed by atoms with van der Waals surface area (Å²) in [6.07, 6.45) is 8.37. The van der Waals surface area contributed by atoms with Crippen LogP contribution in [0.4, 0.5) is 4.39 Å². The normalized spacial score (nSPS) is 22.2. The highest BCUT2D eigenvalue weighted by Gasteiger charge is 2.33. The first-order valence-electron chi connectivity index (χ1n) is 10.4. The Labute approximate surface area is 170 Å². The summed E-state index contributed by atoms with van der Waals surface area (Å²) in [5.74, 6) is 0.527. The van der Waals surface area contributed by atoms with Gasteiger partial charge in [0.25, 0.3) is 0 Å². The molecule has 1 aromatic carbocycles. The number of thiazole rings is 1. The third-order valence-corrected chi connectivity index (χ3v) is 6.93. The van der Waals surface area contributed by atoms with Gasteiger partial charge >= 0.3 is 0 Å². The van der Waals surface area contributed by atoms with Crippen molar-refractivity contribution < 1.29 is 9.18 Å². The zero-order chi connectivity index (χ0) is 19.3. The molecule has 2 aromatic rings. The highest BCUT2D eigenvalue weighted by atomic mass is 32.1. The van der Waals surface area contributed by atoms with E-state index >= 15 is 0 Å². The summed E-state index contributed by atoms with van der Waals surface area (Å²) in [7, 11) is 0. The molecule has 1 aliphatic carbocycles. The fourth-order valence-corrected chi connectivity index (χ4v) is 5.36. The van der Waals surface area contributed by atoms with Crippen molar-refractivity contribution in [2.45, 2.75) is 51.1 Å². The molecule has 2 fully saturated rings. The van der Waals surface area contributed by atoms with E-state index in [1.807, 2.05) is 23.7 Å². The van der Waals surface area contributed by atoms with Gasteiger partial charge in [-0.25, -0.2) is 9.37 Å². The minimum Gasteiger partial charge on any atom is -0.346 e. The maximum absolute atomic E-state index is 13.2. The third-order valence-electron chi connectivity index (χ3n) is 6.07. The number of benzene rings is 1. The van der Waals surface area contributed by atoms with Gasteiger partial charge in [-0.3, -0.25) is 9.69 Å². The molecule has 150 valence electrons.